The number of hydrazone groups is 1. The number of fused-ring (bicyclic) bond motifs is 1. The number of rotatable bonds is 5. The number of anilines is 1. The van der Waals surface area contributed by atoms with Crippen LogP contribution in [-0.2, 0) is 19.1 Å². The van der Waals surface area contributed by atoms with Crippen molar-refractivity contribution in [2.75, 3.05) is 5.32 Å². The number of ether oxygens (including phenoxy) is 1. The number of hydrogen-bond acceptors (Lipinski definition) is 6. The highest BCUT2D eigenvalue weighted by Gasteiger charge is 2.36. The second kappa shape index (κ2) is 11.1. The molecule has 4 rings (SSSR count). The van der Waals surface area contributed by atoms with Crippen LogP contribution < -0.4 is 16.1 Å². The van der Waals surface area contributed by atoms with Crippen LogP contribution >= 0.6 is 0 Å². The first kappa shape index (κ1) is 23.7. The fourth-order valence-corrected chi connectivity index (χ4v) is 4.78. The van der Waals surface area contributed by atoms with Crippen LogP contribution in [0.15, 0.2) is 41.2 Å². The Morgan fingerprint density at radius 3 is 2.50 bits per heavy atom. The van der Waals surface area contributed by atoms with E-state index in [2.05, 4.69) is 21.2 Å². The monoisotopic (exact) mass is 466 g/mol. The van der Waals surface area contributed by atoms with Crippen molar-refractivity contribution < 1.29 is 23.9 Å². The predicted molar refractivity (Wildman–Crippen MR) is 126 cm³/mol. The van der Waals surface area contributed by atoms with Gasteiger partial charge in [0.15, 0.2) is 5.78 Å². The number of Topliss-reactive ketones (excluding diaryl/α,β-unsaturated/α-hetero) is 1. The highest BCUT2D eigenvalue weighted by atomic mass is 16.5. The van der Waals surface area contributed by atoms with E-state index in [0.717, 1.165) is 51.4 Å². The van der Waals surface area contributed by atoms with Crippen LogP contribution in [0.3, 0.4) is 0 Å². The second-order valence-electron chi connectivity index (χ2n) is 9.01. The number of allylic oxidation sites excluding steroid dienone is 1. The van der Waals surface area contributed by atoms with Crippen LogP contribution in [0, 0.1) is 5.92 Å². The maximum atomic E-state index is 12.7. The van der Waals surface area contributed by atoms with Crippen molar-refractivity contribution in [2.45, 2.75) is 69.9 Å². The molecule has 2 aliphatic carbocycles. The highest BCUT2D eigenvalue weighted by Crippen LogP contribution is 2.32. The third kappa shape index (κ3) is 5.70. The fraction of sp³-hybridized carbons (Fsp3) is 0.480. The van der Waals surface area contributed by atoms with Gasteiger partial charge in [-0.15, -0.1) is 0 Å². The van der Waals surface area contributed by atoms with Crippen molar-refractivity contribution in [3.05, 3.63) is 41.7 Å². The van der Waals surface area contributed by atoms with Crippen LogP contribution in [-0.4, -0.2) is 41.9 Å². The van der Waals surface area contributed by atoms with Gasteiger partial charge in [-0.2, -0.15) is 5.10 Å². The Labute approximate surface area is 198 Å². The van der Waals surface area contributed by atoms with Crippen molar-refractivity contribution in [1.82, 2.24) is 10.7 Å². The van der Waals surface area contributed by atoms with Gasteiger partial charge >= 0.3 is 11.8 Å². The van der Waals surface area contributed by atoms with E-state index in [0.29, 0.717) is 0 Å². The first-order valence-corrected chi connectivity index (χ1v) is 12.0. The van der Waals surface area contributed by atoms with E-state index < -0.39 is 11.8 Å². The summed E-state index contributed by atoms with van der Waals surface area (Å²) in [5.41, 5.74) is 2.91. The van der Waals surface area contributed by atoms with Gasteiger partial charge in [0, 0.05) is 6.04 Å². The minimum Gasteiger partial charge on any atom is -0.496 e. The molecule has 180 valence electrons. The number of benzene rings is 1. The van der Waals surface area contributed by atoms with E-state index in [-0.39, 0.29) is 46.6 Å². The fourth-order valence-electron chi connectivity index (χ4n) is 4.78. The molecule has 0 aromatic heterocycles. The van der Waals surface area contributed by atoms with E-state index in [9.17, 15) is 19.2 Å². The molecule has 3 amide bonds. The minimum absolute atomic E-state index is 0.0590. The first-order chi connectivity index (χ1) is 16.5. The summed E-state index contributed by atoms with van der Waals surface area (Å²) < 4.78 is 5.63. The molecular formula is C25H30N4O5. The molecule has 1 aliphatic heterocycles. The highest BCUT2D eigenvalue weighted by molar-refractivity contribution is 6.40. The van der Waals surface area contributed by atoms with Crippen LogP contribution in [0.1, 0.15) is 68.1 Å². The van der Waals surface area contributed by atoms with Crippen molar-refractivity contribution in [2.24, 2.45) is 11.0 Å². The zero-order chi connectivity index (χ0) is 23.9. The molecule has 1 heterocycles. The molecule has 2 fully saturated rings. The number of nitrogens with one attached hydrogen (secondary N) is 3. The van der Waals surface area contributed by atoms with E-state index in [1.807, 2.05) is 0 Å². The van der Waals surface area contributed by atoms with Gasteiger partial charge in [0.25, 0.3) is 5.91 Å². The normalized spacial score (nSPS) is 22.8. The van der Waals surface area contributed by atoms with Gasteiger partial charge in [-0.25, -0.2) is 5.43 Å². The van der Waals surface area contributed by atoms with Gasteiger partial charge in [0.05, 0.1) is 35.2 Å². The molecular weight excluding hydrogens is 436 g/mol. The van der Waals surface area contributed by atoms with Gasteiger partial charge < -0.3 is 15.4 Å². The lowest BCUT2D eigenvalue weighted by Crippen LogP contribution is -2.38. The molecule has 0 bridgehead atoms. The Balaban J connectivity index is 1.32. The summed E-state index contributed by atoms with van der Waals surface area (Å²) >= 11 is 0. The van der Waals surface area contributed by atoms with E-state index in [4.69, 9.17) is 4.74 Å². The largest absolute Gasteiger partial charge is 0.496 e. The summed E-state index contributed by atoms with van der Waals surface area (Å²) in [6, 6.07) is 6.65. The molecule has 0 saturated heterocycles. The van der Waals surface area contributed by atoms with Crippen molar-refractivity contribution in [1.29, 1.82) is 0 Å². The molecule has 2 saturated carbocycles. The van der Waals surface area contributed by atoms with Crippen LogP contribution in [0.4, 0.5) is 5.69 Å². The number of hydrogen-bond donors (Lipinski definition) is 3. The Morgan fingerprint density at radius 2 is 1.68 bits per heavy atom. The van der Waals surface area contributed by atoms with Gasteiger partial charge in [0.1, 0.15) is 6.10 Å². The molecule has 1 aromatic carbocycles. The molecule has 3 aliphatic rings. The molecule has 9 heteroatoms. The maximum absolute atomic E-state index is 12.7. The third-order valence-corrected chi connectivity index (χ3v) is 6.63. The molecule has 3 N–H and O–H groups in total. The second-order valence-corrected chi connectivity index (χ2v) is 9.01. The lowest BCUT2D eigenvalue weighted by molar-refractivity contribution is -0.136. The number of para-hydroxylation sites is 1. The van der Waals surface area contributed by atoms with Crippen LogP contribution in [0.5, 0.6) is 0 Å². The number of carbonyl (C=O) groups is 4. The summed E-state index contributed by atoms with van der Waals surface area (Å²) in [5.74, 6) is -2.52. The molecule has 2 unspecified atom stereocenters. The SMILES string of the molecule is O=C(N/N=C/C1=COC2CCCCC2C1=O)C(=O)Nc1ccccc1C(=O)NC1CCCCC1. The molecule has 34 heavy (non-hydrogen) atoms. The van der Waals surface area contributed by atoms with Crippen LogP contribution in [0.2, 0.25) is 0 Å². The first-order valence-electron chi connectivity index (χ1n) is 12.0. The number of ketones is 1. The van der Waals surface area contributed by atoms with Gasteiger partial charge in [-0.1, -0.05) is 37.8 Å². The van der Waals surface area contributed by atoms with E-state index >= 15 is 0 Å². The van der Waals surface area contributed by atoms with Gasteiger partial charge in [0.2, 0.25) is 0 Å². The maximum Gasteiger partial charge on any atom is 0.329 e. The average molecular weight is 467 g/mol. The van der Waals surface area contributed by atoms with E-state index in [1.54, 1.807) is 24.3 Å². The predicted octanol–water partition coefficient (Wildman–Crippen LogP) is 2.83. The number of amides is 3. The quantitative estimate of drug-likeness (QED) is 0.349. The van der Waals surface area contributed by atoms with Crippen molar-refractivity contribution >= 4 is 35.4 Å². The number of nitrogens with zero attached hydrogens (tertiary/aromatic N) is 1. The lowest BCUT2D eigenvalue weighted by atomic mass is 9.80. The van der Waals surface area contributed by atoms with Crippen LogP contribution in [0.25, 0.3) is 0 Å². The van der Waals surface area contributed by atoms with Gasteiger partial charge in [-0.05, 0) is 44.2 Å². The lowest BCUT2D eigenvalue weighted by Gasteiger charge is -2.33. The standard InChI is InChI=1S/C25H30N4O5/c30-22-16(15-34-21-13-7-5-11-19(21)22)14-26-29-25(33)24(32)28-20-12-6-4-10-18(20)23(31)27-17-8-2-1-3-9-17/h4,6,10,12,14-15,17,19,21H,1-3,5,7-9,11,13H2,(H,27,31)(H,28,32)(H,29,33)/b26-14+. The summed E-state index contributed by atoms with van der Waals surface area (Å²) in [7, 11) is 0. The summed E-state index contributed by atoms with van der Waals surface area (Å²) in [6.07, 6.45) is 11.4. The summed E-state index contributed by atoms with van der Waals surface area (Å²) in [6.45, 7) is 0. The van der Waals surface area contributed by atoms with Crippen molar-refractivity contribution in [3.8, 4) is 0 Å². The third-order valence-electron chi connectivity index (χ3n) is 6.63. The molecule has 0 radical (unpaired) electrons. The molecule has 0 spiro atoms. The zero-order valence-electron chi connectivity index (χ0n) is 19.0. The number of carbonyl (C=O) groups excluding carboxylic acids is 4. The molecule has 2 atom stereocenters. The minimum atomic E-state index is -1.01. The Hall–Kier alpha value is -3.49. The Kier molecular flexibility index (Phi) is 7.72. The Bertz CT molecular complexity index is 1010. The zero-order valence-corrected chi connectivity index (χ0v) is 19.0. The van der Waals surface area contributed by atoms with Gasteiger partial charge in [-0.3, -0.25) is 19.2 Å². The molecule has 1 aromatic rings. The molecule has 9 nitrogen and oxygen atoms in total. The van der Waals surface area contributed by atoms with E-state index in [1.165, 1.54) is 18.9 Å². The smallest absolute Gasteiger partial charge is 0.329 e. The topological polar surface area (TPSA) is 126 Å². The summed E-state index contributed by atoms with van der Waals surface area (Å²) in [4.78, 5) is 49.9. The van der Waals surface area contributed by atoms with Crippen molar-refractivity contribution in [3.63, 3.8) is 0 Å². The Morgan fingerprint density at radius 1 is 0.941 bits per heavy atom. The summed E-state index contributed by atoms with van der Waals surface area (Å²) in [5, 5.41) is 9.23. The average Bonchev–Trinajstić information content (AvgIpc) is 2.86.